The highest BCUT2D eigenvalue weighted by atomic mass is 31.2. The second-order valence-electron chi connectivity index (χ2n) is 8.58. The molecular weight excluding hydrogens is 480 g/mol. The predicted molar refractivity (Wildman–Crippen MR) is 116 cm³/mol. The van der Waals surface area contributed by atoms with Crippen LogP contribution in [0.2, 0.25) is 0 Å². The molecule has 1 aliphatic heterocycles. The molecule has 1 saturated heterocycles. The van der Waals surface area contributed by atoms with Crippen LogP contribution < -0.4 is 5.73 Å². The second kappa shape index (κ2) is 9.29. The van der Waals surface area contributed by atoms with Gasteiger partial charge in [-0.1, -0.05) is 13.8 Å². The average molecular weight is 509 g/mol. The summed E-state index contributed by atoms with van der Waals surface area (Å²) in [6.45, 7) is 6.11. The molecule has 6 N–H and O–H groups in total. The number of nitrogens with two attached hydrogens (primary N) is 1. The first kappa shape index (κ1) is 26.1. The van der Waals surface area contributed by atoms with Crippen molar-refractivity contribution in [2.24, 2.45) is 0 Å². The van der Waals surface area contributed by atoms with Gasteiger partial charge in [-0.15, -0.1) is 0 Å². The molecule has 0 spiro atoms. The van der Waals surface area contributed by atoms with Crippen molar-refractivity contribution in [2.75, 3.05) is 5.73 Å². The van der Waals surface area contributed by atoms with Crippen LogP contribution in [-0.4, -0.2) is 68.9 Å². The predicted octanol–water partition coefficient (Wildman–Crippen LogP) is 1.31. The van der Waals surface area contributed by atoms with E-state index in [9.17, 15) is 28.9 Å². The number of aromatic nitrogens is 4. The first-order valence-corrected chi connectivity index (χ1v) is 13.4. The Morgan fingerprint density at radius 3 is 2.55 bits per heavy atom. The van der Waals surface area contributed by atoms with Crippen LogP contribution >= 0.6 is 15.4 Å². The lowest BCUT2D eigenvalue weighted by Gasteiger charge is -2.29. The molecule has 3 heterocycles. The first-order valence-electron chi connectivity index (χ1n) is 10.2. The minimum Gasteiger partial charge on any atom is -0.387 e. The Hall–Kier alpha value is -1.47. The molecule has 2 aromatic heterocycles. The van der Waals surface area contributed by atoms with Crippen molar-refractivity contribution in [2.45, 2.75) is 76.3 Å². The number of imidazole rings is 1. The lowest BCUT2D eigenvalue weighted by Crippen LogP contribution is -2.38. The van der Waals surface area contributed by atoms with E-state index in [1.165, 1.54) is 31.1 Å². The van der Waals surface area contributed by atoms with Gasteiger partial charge in [-0.05, 0) is 20.3 Å². The number of phosphoric ester groups is 1. The Morgan fingerprint density at radius 2 is 1.94 bits per heavy atom. The molecule has 0 saturated carbocycles. The van der Waals surface area contributed by atoms with E-state index in [0.717, 1.165) is 0 Å². The number of nitrogen functional groups attached to an aromatic ring is 1. The summed E-state index contributed by atoms with van der Waals surface area (Å²) in [6.07, 6.45) is -2.29. The summed E-state index contributed by atoms with van der Waals surface area (Å²) in [5, 5.41) is 11.0. The van der Waals surface area contributed by atoms with Crippen molar-refractivity contribution >= 4 is 32.4 Å². The monoisotopic (exact) mass is 509 g/mol. The van der Waals surface area contributed by atoms with Gasteiger partial charge in [0.15, 0.2) is 17.7 Å². The maximum Gasteiger partial charge on any atom is 0.470 e. The van der Waals surface area contributed by atoms with Crippen LogP contribution in [0.4, 0.5) is 5.82 Å². The Morgan fingerprint density at radius 1 is 1.27 bits per heavy atom. The molecule has 2 aromatic rings. The lowest BCUT2D eigenvalue weighted by molar-refractivity contribution is -0.0621. The third-order valence-electron chi connectivity index (χ3n) is 5.45. The molecule has 3 rings (SSSR count). The molecule has 0 bridgehead atoms. The summed E-state index contributed by atoms with van der Waals surface area (Å²) in [6, 6.07) is 0. The highest BCUT2D eigenvalue weighted by Gasteiger charge is 2.51. The van der Waals surface area contributed by atoms with Crippen molar-refractivity contribution in [3.05, 3.63) is 12.7 Å². The second-order valence-corrected chi connectivity index (χ2v) is 12.0. The maximum atomic E-state index is 12.8. The van der Waals surface area contributed by atoms with Gasteiger partial charge in [0.25, 0.3) is 0 Å². The van der Waals surface area contributed by atoms with Crippen LogP contribution in [-0.2, 0) is 22.9 Å². The number of phosphoric acid groups is 1. The summed E-state index contributed by atoms with van der Waals surface area (Å²) in [7, 11) is -9.01. The van der Waals surface area contributed by atoms with Gasteiger partial charge in [0, 0.05) is 6.42 Å². The number of fused-ring (bicyclic) bond motifs is 1. The number of hydrogen-bond donors (Lipinski definition) is 5. The smallest absolute Gasteiger partial charge is 0.387 e. The van der Waals surface area contributed by atoms with E-state index < -0.39 is 51.2 Å². The summed E-state index contributed by atoms with van der Waals surface area (Å²) >= 11 is 0. The van der Waals surface area contributed by atoms with Crippen molar-refractivity contribution in [3.63, 3.8) is 0 Å². The Kier molecular flexibility index (Phi) is 7.36. The number of anilines is 1. The molecule has 33 heavy (non-hydrogen) atoms. The van der Waals surface area contributed by atoms with E-state index in [1.54, 1.807) is 13.8 Å². The molecule has 16 heteroatoms. The molecule has 1 aliphatic rings. The molecule has 186 valence electrons. The zero-order valence-electron chi connectivity index (χ0n) is 18.5. The van der Waals surface area contributed by atoms with E-state index in [1.807, 2.05) is 0 Å². The number of rotatable bonds is 9. The van der Waals surface area contributed by atoms with Crippen LogP contribution in [0.15, 0.2) is 12.7 Å². The van der Waals surface area contributed by atoms with Crippen LogP contribution in [0.25, 0.3) is 11.2 Å². The van der Waals surface area contributed by atoms with Crippen molar-refractivity contribution in [1.82, 2.24) is 19.5 Å². The van der Waals surface area contributed by atoms with E-state index in [4.69, 9.17) is 19.5 Å². The van der Waals surface area contributed by atoms with Gasteiger partial charge < -0.3 is 30.3 Å². The fraction of sp³-hybridized carbons (Fsp3) is 0.706. The van der Waals surface area contributed by atoms with Crippen molar-refractivity contribution in [3.8, 4) is 0 Å². The third-order valence-corrected chi connectivity index (χ3v) is 8.21. The number of hydrogen-bond acceptors (Lipinski definition) is 10. The van der Waals surface area contributed by atoms with Gasteiger partial charge in [0.2, 0.25) is 0 Å². The third kappa shape index (κ3) is 5.79. The highest BCUT2D eigenvalue weighted by molar-refractivity contribution is 7.53. The van der Waals surface area contributed by atoms with Crippen molar-refractivity contribution in [1.29, 1.82) is 0 Å². The zero-order chi connectivity index (χ0) is 24.8. The SMILES string of the molecule is CCC(C)P(=O)(O)O[C@@H]1[C@H](O)[C@H](CC(C)(C)OP(=O)(O)O)O[C@@H]1n1cnc2c(N)ncnc21. The highest BCUT2D eigenvalue weighted by Crippen LogP contribution is 2.54. The average Bonchev–Trinajstić information content (AvgIpc) is 3.22. The molecule has 0 radical (unpaired) electrons. The van der Waals surface area contributed by atoms with Gasteiger partial charge in [-0.25, -0.2) is 19.5 Å². The fourth-order valence-corrected chi connectivity index (χ4v) is 5.60. The molecule has 14 nitrogen and oxygen atoms in total. The lowest BCUT2D eigenvalue weighted by atomic mass is 9.97. The van der Waals surface area contributed by atoms with Gasteiger partial charge in [-0.2, -0.15) is 0 Å². The number of aliphatic hydroxyl groups is 1. The topological polar surface area (TPSA) is 212 Å². The fourth-order valence-electron chi connectivity index (χ4n) is 3.63. The van der Waals surface area contributed by atoms with E-state index >= 15 is 0 Å². The summed E-state index contributed by atoms with van der Waals surface area (Å²) in [5.74, 6) is 0.106. The summed E-state index contributed by atoms with van der Waals surface area (Å²) in [4.78, 5) is 41.0. The minimum absolute atomic E-state index is 0.106. The molecule has 1 fully saturated rings. The van der Waals surface area contributed by atoms with Crippen LogP contribution in [0, 0.1) is 0 Å². The van der Waals surface area contributed by atoms with Crippen LogP contribution in [0.1, 0.15) is 46.8 Å². The van der Waals surface area contributed by atoms with Gasteiger partial charge in [0.1, 0.15) is 24.1 Å². The Balaban J connectivity index is 1.98. The Labute approximate surface area is 189 Å². The molecule has 2 unspecified atom stereocenters. The number of nitrogens with zero attached hydrogens (tertiary/aromatic N) is 4. The molecular formula is C17H29N5O9P2. The van der Waals surface area contributed by atoms with E-state index in [2.05, 4.69) is 15.0 Å². The van der Waals surface area contributed by atoms with Gasteiger partial charge >= 0.3 is 15.4 Å². The molecule has 0 aliphatic carbocycles. The maximum absolute atomic E-state index is 12.8. The normalized spacial score (nSPS) is 27.0. The van der Waals surface area contributed by atoms with E-state index in [-0.39, 0.29) is 23.4 Å². The minimum atomic E-state index is -4.83. The van der Waals surface area contributed by atoms with E-state index in [0.29, 0.717) is 6.42 Å². The zero-order valence-corrected chi connectivity index (χ0v) is 20.3. The standard InChI is InChI=1S/C17H29N5O9P2/c1-5-9(2)32(24,25)30-13-12(23)10(6-17(3,4)31-33(26,27)28)29-16(13)22-8-21-11-14(18)19-7-20-15(11)22/h7-10,12-13,16,23H,5-6H2,1-4H3,(H,24,25)(H2,18,19,20)(H2,26,27,28)/t9?,10-,12+,13+,16-/m0/s1. The quantitative estimate of drug-likeness (QED) is 0.302. The van der Waals surface area contributed by atoms with Gasteiger partial charge in [0.05, 0.1) is 23.7 Å². The first-order chi connectivity index (χ1) is 15.1. The molecule has 6 atom stereocenters. The molecule has 0 amide bonds. The van der Waals surface area contributed by atoms with Gasteiger partial charge in [-0.3, -0.25) is 18.2 Å². The number of ether oxygens (including phenoxy) is 1. The van der Waals surface area contributed by atoms with Crippen LogP contribution in [0.3, 0.4) is 0 Å². The largest absolute Gasteiger partial charge is 0.470 e. The molecule has 0 aromatic carbocycles. The summed E-state index contributed by atoms with van der Waals surface area (Å²) < 4.78 is 41.9. The van der Waals surface area contributed by atoms with Crippen molar-refractivity contribution < 1.29 is 42.7 Å². The van der Waals surface area contributed by atoms with Crippen LogP contribution in [0.5, 0.6) is 0 Å². The number of aliphatic hydroxyl groups excluding tert-OH is 1. The Bertz CT molecular complexity index is 1090. The summed E-state index contributed by atoms with van der Waals surface area (Å²) in [5.41, 5.74) is 4.22.